The predicted molar refractivity (Wildman–Crippen MR) is 96.4 cm³/mol. The van der Waals surface area contributed by atoms with Crippen LogP contribution in [0.1, 0.15) is 26.0 Å². The van der Waals surface area contributed by atoms with Gasteiger partial charge in [-0.3, -0.25) is 9.36 Å². The fraction of sp³-hybridized carbons (Fsp3) is 0.412. The number of fused-ring (bicyclic) bond motifs is 1. The Hall–Kier alpha value is -1.40. The number of rotatable bonds is 5. The highest BCUT2D eigenvalue weighted by Crippen LogP contribution is 2.32. The third-order valence-corrected chi connectivity index (χ3v) is 6.19. The van der Waals surface area contributed by atoms with E-state index in [9.17, 15) is 4.79 Å². The maximum Gasteiger partial charge on any atom is 0.272 e. The first-order chi connectivity index (χ1) is 11.1. The van der Waals surface area contributed by atoms with E-state index >= 15 is 0 Å². The molecule has 2 heterocycles. The quantitative estimate of drug-likeness (QED) is 0.608. The van der Waals surface area contributed by atoms with Crippen molar-refractivity contribution in [1.82, 2.24) is 9.55 Å². The number of nitrogens with zero attached hydrogens (tertiary/aromatic N) is 2. The van der Waals surface area contributed by atoms with Gasteiger partial charge in [-0.05, 0) is 18.6 Å². The molecule has 1 aliphatic rings. The van der Waals surface area contributed by atoms with Crippen molar-refractivity contribution >= 4 is 23.5 Å². The third kappa shape index (κ3) is 3.28. The molecule has 0 saturated heterocycles. The second kappa shape index (κ2) is 7.01. The molecule has 0 N–H and O–H groups in total. The smallest absolute Gasteiger partial charge is 0.272 e. The van der Waals surface area contributed by atoms with Crippen LogP contribution in [0, 0.1) is 0 Å². The maximum atomic E-state index is 13.0. The van der Waals surface area contributed by atoms with Crippen molar-refractivity contribution in [3.05, 3.63) is 40.3 Å². The van der Waals surface area contributed by atoms with Gasteiger partial charge in [-0.1, -0.05) is 31.7 Å². The molecule has 1 aliphatic heterocycles. The lowest BCUT2D eigenvalue weighted by Crippen LogP contribution is -2.24. The molecule has 0 saturated carbocycles. The van der Waals surface area contributed by atoms with Crippen molar-refractivity contribution in [2.45, 2.75) is 42.0 Å². The van der Waals surface area contributed by atoms with E-state index in [1.165, 1.54) is 0 Å². The number of thioether (sulfide) groups is 2. The van der Waals surface area contributed by atoms with Crippen molar-refractivity contribution in [2.24, 2.45) is 0 Å². The lowest BCUT2D eigenvalue weighted by molar-refractivity contribution is 0.414. The van der Waals surface area contributed by atoms with E-state index in [1.54, 1.807) is 35.2 Å². The van der Waals surface area contributed by atoms with Gasteiger partial charge < -0.3 is 4.74 Å². The van der Waals surface area contributed by atoms with Gasteiger partial charge in [0.25, 0.3) is 5.56 Å². The highest BCUT2D eigenvalue weighted by Gasteiger charge is 2.23. The summed E-state index contributed by atoms with van der Waals surface area (Å²) in [6.45, 7) is 4.31. The molecule has 122 valence electrons. The van der Waals surface area contributed by atoms with E-state index in [2.05, 4.69) is 13.8 Å². The van der Waals surface area contributed by atoms with E-state index in [4.69, 9.17) is 9.72 Å². The van der Waals surface area contributed by atoms with Crippen LogP contribution < -0.4 is 10.3 Å². The largest absolute Gasteiger partial charge is 0.497 e. The van der Waals surface area contributed by atoms with Crippen molar-refractivity contribution in [2.75, 3.05) is 12.9 Å². The topological polar surface area (TPSA) is 44.1 Å². The first-order valence-corrected chi connectivity index (χ1v) is 9.60. The fourth-order valence-corrected chi connectivity index (χ4v) is 4.42. The van der Waals surface area contributed by atoms with Crippen LogP contribution in [0.4, 0.5) is 0 Å². The van der Waals surface area contributed by atoms with Crippen LogP contribution in [-0.2, 0) is 6.42 Å². The molecule has 1 atom stereocenters. The number of ether oxygens (including phenoxy) is 1. The zero-order chi connectivity index (χ0) is 16.4. The molecule has 6 heteroatoms. The average Bonchev–Trinajstić information content (AvgIpc) is 3.03. The van der Waals surface area contributed by atoms with Crippen LogP contribution in [0.5, 0.6) is 5.75 Å². The van der Waals surface area contributed by atoms with E-state index < -0.39 is 0 Å². The Morgan fingerprint density at radius 3 is 3.04 bits per heavy atom. The van der Waals surface area contributed by atoms with Crippen LogP contribution >= 0.6 is 23.5 Å². The second-order valence-corrected chi connectivity index (χ2v) is 7.96. The lowest BCUT2D eigenvalue weighted by Gasteiger charge is -2.16. The van der Waals surface area contributed by atoms with Gasteiger partial charge in [-0.2, -0.15) is 0 Å². The molecule has 0 radical (unpaired) electrons. The fourth-order valence-electron chi connectivity index (χ4n) is 2.41. The summed E-state index contributed by atoms with van der Waals surface area (Å²) in [5.41, 5.74) is 1.80. The Balaban J connectivity index is 2.18. The van der Waals surface area contributed by atoms with E-state index in [-0.39, 0.29) is 5.56 Å². The van der Waals surface area contributed by atoms with Gasteiger partial charge in [-0.15, -0.1) is 11.8 Å². The van der Waals surface area contributed by atoms with Gasteiger partial charge in [0.15, 0.2) is 5.16 Å². The first kappa shape index (κ1) is 16.5. The summed E-state index contributed by atoms with van der Waals surface area (Å²) in [4.78, 5) is 18.6. The summed E-state index contributed by atoms with van der Waals surface area (Å²) in [7, 11) is 1.63. The van der Waals surface area contributed by atoms with Crippen LogP contribution in [-0.4, -0.2) is 27.7 Å². The SMILES string of the molecule is CCC(C)Sc1nc2c(c(=O)n1-c1cccc(OC)c1)SCC2. The molecule has 1 aromatic carbocycles. The minimum absolute atomic E-state index is 0.0385. The van der Waals surface area contributed by atoms with Crippen LogP contribution in [0.25, 0.3) is 5.69 Å². The molecule has 1 aromatic heterocycles. The summed E-state index contributed by atoms with van der Waals surface area (Å²) in [6, 6.07) is 7.60. The molecule has 0 aliphatic carbocycles. The van der Waals surface area contributed by atoms with Gasteiger partial charge in [0.2, 0.25) is 0 Å². The van der Waals surface area contributed by atoms with E-state index in [0.717, 1.165) is 45.8 Å². The summed E-state index contributed by atoms with van der Waals surface area (Å²) < 4.78 is 7.04. The third-order valence-electron chi connectivity index (χ3n) is 3.86. The number of aromatic nitrogens is 2. The number of methoxy groups -OCH3 is 1. The zero-order valence-corrected chi connectivity index (χ0v) is 15.2. The van der Waals surface area contributed by atoms with Gasteiger partial charge >= 0.3 is 0 Å². The van der Waals surface area contributed by atoms with Crippen LogP contribution in [0.2, 0.25) is 0 Å². The summed E-state index contributed by atoms with van der Waals surface area (Å²) >= 11 is 3.27. The molecule has 0 spiro atoms. The second-order valence-electron chi connectivity index (χ2n) is 5.45. The zero-order valence-electron chi connectivity index (χ0n) is 13.5. The van der Waals surface area contributed by atoms with Gasteiger partial charge in [0.05, 0.1) is 23.4 Å². The predicted octanol–water partition coefficient (Wildman–Crippen LogP) is 3.78. The molecular formula is C17H20N2O2S2. The molecule has 0 amide bonds. The van der Waals surface area contributed by atoms with Crippen molar-refractivity contribution in [3.8, 4) is 11.4 Å². The summed E-state index contributed by atoms with van der Waals surface area (Å²) in [5.74, 6) is 1.68. The van der Waals surface area contributed by atoms with Gasteiger partial charge in [-0.25, -0.2) is 4.98 Å². The van der Waals surface area contributed by atoms with Crippen molar-refractivity contribution in [3.63, 3.8) is 0 Å². The first-order valence-electron chi connectivity index (χ1n) is 7.73. The Bertz CT molecular complexity index is 774. The number of aryl methyl sites for hydroxylation is 1. The number of benzene rings is 1. The maximum absolute atomic E-state index is 13.0. The lowest BCUT2D eigenvalue weighted by atomic mass is 10.3. The molecular weight excluding hydrogens is 328 g/mol. The summed E-state index contributed by atoms with van der Waals surface area (Å²) in [6.07, 6.45) is 1.91. The Morgan fingerprint density at radius 1 is 1.48 bits per heavy atom. The van der Waals surface area contributed by atoms with Gasteiger partial charge in [0, 0.05) is 23.5 Å². The minimum Gasteiger partial charge on any atom is -0.497 e. The number of hydrogen-bond donors (Lipinski definition) is 0. The molecule has 2 aromatic rings. The normalized spacial score (nSPS) is 14.6. The molecule has 0 bridgehead atoms. The standard InChI is InChI=1S/C17H20N2O2S2/c1-4-11(2)23-17-18-14-8-9-22-15(14)16(20)19(17)12-6-5-7-13(10-12)21-3/h5-7,10-11H,4,8-9H2,1-3H3. The number of hydrogen-bond acceptors (Lipinski definition) is 5. The highest BCUT2D eigenvalue weighted by atomic mass is 32.2. The van der Waals surface area contributed by atoms with E-state index in [0.29, 0.717) is 5.25 Å². The Labute approximate surface area is 144 Å². The van der Waals surface area contributed by atoms with Crippen molar-refractivity contribution < 1.29 is 4.74 Å². The molecule has 4 nitrogen and oxygen atoms in total. The van der Waals surface area contributed by atoms with Crippen LogP contribution in [0.3, 0.4) is 0 Å². The molecule has 23 heavy (non-hydrogen) atoms. The van der Waals surface area contributed by atoms with Gasteiger partial charge in [0.1, 0.15) is 5.75 Å². The average molecular weight is 348 g/mol. The van der Waals surface area contributed by atoms with E-state index in [1.807, 2.05) is 24.3 Å². The van der Waals surface area contributed by atoms with Crippen LogP contribution in [0.15, 0.2) is 39.1 Å². The Kier molecular flexibility index (Phi) is 5.02. The molecule has 3 rings (SSSR count). The molecule has 1 unspecified atom stereocenters. The van der Waals surface area contributed by atoms with Crippen molar-refractivity contribution in [1.29, 1.82) is 0 Å². The summed E-state index contributed by atoms with van der Waals surface area (Å²) in [5, 5.41) is 1.18. The minimum atomic E-state index is 0.0385. The Morgan fingerprint density at radius 2 is 2.30 bits per heavy atom. The molecule has 0 fully saturated rings. The monoisotopic (exact) mass is 348 g/mol. The highest BCUT2D eigenvalue weighted by molar-refractivity contribution is 8.00.